The van der Waals surface area contributed by atoms with Gasteiger partial charge in [-0.25, -0.2) is 13.8 Å². The van der Waals surface area contributed by atoms with Crippen molar-refractivity contribution in [3.05, 3.63) is 108 Å². The van der Waals surface area contributed by atoms with Crippen LogP contribution in [0.15, 0.2) is 79.3 Å². The molecular weight excluding hydrogens is 536 g/mol. The second kappa shape index (κ2) is 14.2. The van der Waals surface area contributed by atoms with Crippen molar-refractivity contribution in [3.8, 4) is 11.4 Å². The first kappa shape index (κ1) is 29.4. The maximum atomic E-state index is 14.4. The van der Waals surface area contributed by atoms with Gasteiger partial charge in [-0.3, -0.25) is 4.79 Å². The van der Waals surface area contributed by atoms with Gasteiger partial charge in [0.05, 0.1) is 17.9 Å². The van der Waals surface area contributed by atoms with E-state index in [1.807, 2.05) is 60.0 Å². The standard InChI is InChI=1S/C33H37F2N5O2/c1-2-8-30(38-26-14-13-23-17-25(34)18-29(35)28(23)19-26)33(41)39-32-21-40(22-37-32)31-12-7-6-9-24(31)20-36-15-16-42-27-10-4-3-5-11-27/h3-7,9-12,17-18,21-22,26,30,36,38H,2,8,13-16,19-20H2,1H3,(H,39,41)/t26-,30?/m0/s1. The number of carbonyl (C=O) groups is 1. The van der Waals surface area contributed by atoms with Crippen molar-refractivity contribution < 1.29 is 18.3 Å². The third-order valence-electron chi connectivity index (χ3n) is 7.51. The second-order valence-corrected chi connectivity index (χ2v) is 10.6. The van der Waals surface area contributed by atoms with Crippen molar-refractivity contribution in [1.82, 2.24) is 20.2 Å². The zero-order valence-corrected chi connectivity index (χ0v) is 23.8. The number of amides is 1. The molecule has 3 aromatic carbocycles. The van der Waals surface area contributed by atoms with E-state index in [4.69, 9.17) is 4.74 Å². The molecule has 1 heterocycles. The Labute approximate surface area is 245 Å². The molecule has 7 nitrogen and oxygen atoms in total. The molecule has 4 aromatic rings. The predicted octanol–water partition coefficient (Wildman–Crippen LogP) is 5.57. The molecule has 0 saturated heterocycles. The summed E-state index contributed by atoms with van der Waals surface area (Å²) in [5, 5.41) is 9.80. The van der Waals surface area contributed by atoms with Crippen molar-refractivity contribution >= 4 is 11.7 Å². The normalized spacial score (nSPS) is 15.2. The van der Waals surface area contributed by atoms with Gasteiger partial charge in [0, 0.05) is 25.2 Å². The SMILES string of the molecule is CCCC(N[C@H]1CCc2cc(F)cc(F)c2C1)C(=O)Nc1cn(-c2ccccc2CNCCOc2ccccc2)cn1. The molecule has 5 rings (SSSR count). The van der Waals surface area contributed by atoms with Gasteiger partial charge < -0.3 is 25.3 Å². The fourth-order valence-electron chi connectivity index (χ4n) is 5.42. The van der Waals surface area contributed by atoms with Gasteiger partial charge in [-0.15, -0.1) is 0 Å². The van der Waals surface area contributed by atoms with Gasteiger partial charge in [-0.05, 0) is 66.6 Å². The molecule has 0 fully saturated rings. The average Bonchev–Trinajstić information content (AvgIpc) is 3.46. The molecule has 2 atom stereocenters. The summed E-state index contributed by atoms with van der Waals surface area (Å²) in [4.78, 5) is 17.7. The van der Waals surface area contributed by atoms with Crippen LogP contribution in [0.3, 0.4) is 0 Å². The number of ether oxygens (including phenoxy) is 1. The van der Waals surface area contributed by atoms with E-state index in [1.165, 1.54) is 6.07 Å². The highest BCUT2D eigenvalue weighted by Crippen LogP contribution is 2.26. The van der Waals surface area contributed by atoms with Crippen LogP contribution in [0.2, 0.25) is 0 Å². The van der Waals surface area contributed by atoms with Crippen LogP contribution in [-0.4, -0.2) is 40.7 Å². The fraction of sp³-hybridized carbons (Fsp3) is 0.333. The molecule has 0 bridgehead atoms. The van der Waals surface area contributed by atoms with Crippen LogP contribution in [-0.2, 0) is 24.2 Å². The minimum atomic E-state index is -0.548. The van der Waals surface area contributed by atoms with E-state index in [2.05, 4.69) is 27.0 Å². The number of nitrogens with zero attached hydrogens (tertiary/aromatic N) is 2. The minimum Gasteiger partial charge on any atom is -0.492 e. The molecule has 9 heteroatoms. The van der Waals surface area contributed by atoms with E-state index in [9.17, 15) is 13.6 Å². The van der Waals surface area contributed by atoms with Crippen LogP contribution in [0.5, 0.6) is 5.75 Å². The Morgan fingerprint density at radius 1 is 1.12 bits per heavy atom. The van der Waals surface area contributed by atoms with Crippen molar-refractivity contribution in [2.24, 2.45) is 0 Å². The quantitative estimate of drug-likeness (QED) is 0.182. The topological polar surface area (TPSA) is 80.2 Å². The molecule has 1 aliphatic rings. The summed E-state index contributed by atoms with van der Waals surface area (Å²) in [6.45, 7) is 3.92. The van der Waals surface area contributed by atoms with E-state index in [1.54, 1.807) is 12.5 Å². The molecule has 1 aromatic heterocycles. The number of aryl methyl sites for hydroxylation is 1. The Balaban J connectivity index is 1.17. The Bertz CT molecular complexity index is 1480. The van der Waals surface area contributed by atoms with E-state index in [-0.39, 0.29) is 11.9 Å². The number of imidazole rings is 1. The highest BCUT2D eigenvalue weighted by Gasteiger charge is 2.27. The first-order valence-corrected chi connectivity index (χ1v) is 14.5. The lowest BCUT2D eigenvalue weighted by Crippen LogP contribution is -2.48. The molecule has 42 heavy (non-hydrogen) atoms. The van der Waals surface area contributed by atoms with Gasteiger partial charge in [0.25, 0.3) is 0 Å². The summed E-state index contributed by atoms with van der Waals surface area (Å²) in [5.74, 6) is 0.0548. The fourth-order valence-corrected chi connectivity index (χ4v) is 5.42. The first-order chi connectivity index (χ1) is 20.5. The Hall–Kier alpha value is -4.08. The maximum Gasteiger partial charge on any atom is 0.242 e. The summed E-state index contributed by atoms with van der Waals surface area (Å²) in [6.07, 6.45) is 6.63. The van der Waals surface area contributed by atoms with Crippen molar-refractivity contribution in [1.29, 1.82) is 0 Å². The number of rotatable bonds is 13. The number of fused-ring (bicyclic) bond motifs is 1. The van der Waals surface area contributed by atoms with Crippen LogP contribution >= 0.6 is 0 Å². The Kier molecular flexibility index (Phi) is 9.94. The number of anilines is 1. The number of nitrogens with one attached hydrogen (secondary N) is 3. The van der Waals surface area contributed by atoms with E-state index < -0.39 is 17.7 Å². The van der Waals surface area contributed by atoms with Gasteiger partial charge >= 0.3 is 0 Å². The predicted molar refractivity (Wildman–Crippen MR) is 160 cm³/mol. The largest absolute Gasteiger partial charge is 0.492 e. The number of para-hydroxylation sites is 2. The summed E-state index contributed by atoms with van der Waals surface area (Å²) in [6, 6.07) is 19.6. The maximum absolute atomic E-state index is 14.4. The lowest BCUT2D eigenvalue weighted by atomic mass is 9.87. The number of benzene rings is 3. The van der Waals surface area contributed by atoms with E-state index >= 15 is 0 Å². The Morgan fingerprint density at radius 3 is 2.76 bits per heavy atom. The van der Waals surface area contributed by atoms with Crippen LogP contribution in [0.25, 0.3) is 5.69 Å². The third-order valence-corrected chi connectivity index (χ3v) is 7.51. The van der Waals surface area contributed by atoms with Crippen LogP contribution in [0.4, 0.5) is 14.6 Å². The third kappa shape index (κ3) is 7.60. The van der Waals surface area contributed by atoms with Gasteiger partial charge in [0.1, 0.15) is 30.3 Å². The highest BCUT2D eigenvalue weighted by atomic mass is 19.1. The number of carbonyl (C=O) groups excluding carboxylic acids is 1. The van der Waals surface area contributed by atoms with Crippen molar-refractivity contribution in [2.75, 3.05) is 18.5 Å². The smallest absolute Gasteiger partial charge is 0.242 e. The molecule has 1 amide bonds. The molecule has 0 spiro atoms. The van der Waals surface area contributed by atoms with Crippen LogP contribution in [0, 0.1) is 11.6 Å². The monoisotopic (exact) mass is 573 g/mol. The number of halogens is 2. The van der Waals surface area contributed by atoms with Crippen molar-refractivity contribution in [2.45, 2.75) is 57.7 Å². The molecule has 1 aliphatic carbocycles. The molecule has 0 saturated carbocycles. The zero-order valence-electron chi connectivity index (χ0n) is 23.8. The van der Waals surface area contributed by atoms with Gasteiger partial charge in [-0.1, -0.05) is 49.7 Å². The van der Waals surface area contributed by atoms with Gasteiger partial charge in [0.2, 0.25) is 5.91 Å². The Morgan fingerprint density at radius 2 is 1.93 bits per heavy atom. The molecule has 1 unspecified atom stereocenters. The van der Waals surface area contributed by atoms with E-state index in [0.717, 1.165) is 29.5 Å². The average molecular weight is 574 g/mol. The van der Waals surface area contributed by atoms with E-state index in [0.29, 0.717) is 62.3 Å². The lowest BCUT2D eigenvalue weighted by Gasteiger charge is -2.29. The summed E-state index contributed by atoms with van der Waals surface area (Å²) in [7, 11) is 0. The van der Waals surface area contributed by atoms with Crippen LogP contribution < -0.4 is 20.7 Å². The number of hydrogen-bond acceptors (Lipinski definition) is 5. The van der Waals surface area contributed by atoms with Gasteiger partial charge in [-0.2, -0.15) is 0 Å². The second-order valence-electron chi connectivity index (χ2n) is 10.6. The number of hydrogen-bond donors (Lipinski definition) is 3. The summed E-state index contributed by atoms with van der Waals surface area (Å²) < 4.78 is 35.7. The molecule has 0 radical (unpaired) electrons. The van der Waals surface area contributed by atoms with Gasteiger partial charge in [0.15, 0.2) is 5.82 Å². The zero-order chi connectivity index (χ0) is 29.3. The number of aromatic nitrogens is 2. The summed E-state index contributed by atoms with van der Waals surface area (Å²) in [5.41, 5.74) is 3.29. The minimum absolute atomic E-state index is 0.0743. The van der Waals surface area contributed by atoms with Crippen molar-refractivity contribution in [3.63, 3.8) is 0 Å². The highest BCUT2D eigenvalue weighted by molar-refractivity contribution is 5.94. The molecular formula is C33H37F2N5O2. The molecule has 3 N–H and O–H groups in total. The molecule has 0 aliphatic heterocycles. The lowest BCUT2D eigenvalue weighted by molar-refractivity contribution is -0.118. The first-order valence-electron chi connectivity index (χ1n) is 14.5. The molecule has 220 valence electrons. The summed E-state index contributed by atoms with van der Waals surface area (Å²) >= 11 is 0. The van der Waals surface area contributed by atoms with Crippen LogP contribution in [0.1, 0.15) is 42.9 Å².